The van der Waals surface area contributed by atoms with Crippen molar-refractivity contribution in [3.63, 3.8) is 0 Å². The lowest BCUT2D eigenvalue weighted by Gasteiger charge is -2.17. The summed E-state index contributed by atoms with van der Waals surface area (Å²) in [5.41, 5.74) is 2.67. The number of rotatable bonds is 12. The maximum Gasteiger partial charge on any atom is 0.272 e. The second-order valence-corrected chi connectivity index (χ2v) is 11.5. The number of carbonyl (C=O) groups excluding carboxylic acids is 3. The molecule has 1 unspecified atom stereocenters. The Bertz CT molecular complexity index is 1900. The normalized spacial score (nSPS) is 11.6. The Morgan fingerprint density at radius 2 is 1.35 bits per heavy atom. The molecule has 0 aliphatic rings. The van der Waals surface area contributed by atoms with Crippen LogP contribution >= 0.6 is 11.8 Å². The van der Waals surface area contributed by atoms with Crippen molar-refractivity contribution in [2.24, 2.45) is 0 Å². The van der Waals surface area contributed by atoms with Crippen molar-refractivity contribution < 1.29 is 28.2 Å². The standard InChI is InChI=1S/C38H32FN3O5S/c1-46-31-20-13-27(34(24-31)47-2)23-33(42-36(43)26-11-7-4-8-12-26)37(44)40-30-18-21-32(22-19-30)48-35(25-9-5-3-6-10-25)38(45)41-29-16-14-28(39)15-17-29/h3-24,35H,1-2H3,(H,40,44)(H,41,45)(H,42,43)/b33-23-. The molecule has 0 spiro atoms. The number of amides is 3. The van der Waals surface area contributed by atoms with E-state index in [0.717, 1.165) is 10.5 Å². The smallest absolute Gasteiger partial charge is 0.272 e. The molecule has 0 bridgehead atoms. The molecule has 3 amide bonds. The van der Waals surface area contributed by atoms with Gasteiger partial charge in [-0.15, -0.1) is 11.8 Å². The van der Waals surface area contributed by atoms with Crippen LogP contribution in [0.15, 0.2) is 138 Å². The fourth-order valence-electron chi connectivity index (χ4n) is 4.63. The molecule has 0 radical (unpaired) electrons. The zero-order chi connectivity index (χ0) is 33.9. The third-order valence-corrected chi connectivity index (χ3v) is 8.35. The Hall–Kier alpha value is -5.87. The highest BCUT2D eigenvalue weighted by Gasteiger charge is 2.23. The predicted octanol–water partition coefficient (Wildman–Crippen LogP) is 7.72. The van der Waals surface area contributed by atoms with E-state index in [1.54, 1.807) is 72.8 Å². The molecule has 1 atom stereocenters. The molecule has 5 aromatic carbocycles. The van der Waals surface area contributed by atoms with E-state index in [1.165, 1.54) is 56.3 Å². The summed E-state index contributed by atoms with van der Waals surface area (Å²) < 4.78 is 24.2. The van der Waals surface area contributed by atoms with Gasteiger partial charge in [0.05, 0.1) is 14.2 Å². The number of halogens is 1. The van der Waals surface area contributed by atoms with E-state index >= 15 is 0 Å². The fraction of sp³-hybridized carbons (Fsp3) is 0.0789. The average molecular weight is 662 g/mol. The molecule has 0 heterocycles. The molecule has 3 N–H and O–H groups in total. The third kappa shape index (κ3) is 8.89. The van der Waals surface area contributed by atoms with Crippen molar-refractivity contribution in [1.29, 1.82) is 0 Å². The first-order valence-electron chi connectivity index (χ1n) is 14.8. The van der Waals surface area contributed by atoms with E-state index in [0.29, 0.717) is 34.0 Å². The molecule has 5 aromatic rings. The minimum absolute atomic E-state index is 0.00706. The lowest BCUT2D eigenvalue weighted by Crippen LogP contribution is -2.30. The highest BCUT2D eigenvalue weighted by molar-refractivity contribution is 8.00. The van der Waals surface area contributed by atoms with Crippen molar-refractivity contribution in [1.82, 2.24) is 5.32 Å². The number of carbonyl (C=O) groups is 3. The van der Waals surface area contributed by atoms with Crippen LogP contribution < -0.4 is 25.4 Å². The lowest BCUT2D eigenvalue weighted by atomic mass is 10.1. The molecule has 0 fully saturated rings. The molecule has 0 aliphatic heterocycles. The topological polar surface area (TPSA) is 106 Å². The minimum Gasteiger partial charge on any atom is -0.497 e. The van der Waals surface area contributed by atoms with Gasteiger partial charge in [0, 0.05) is 33.5 Å². The Morgan fingerprint density at radius 3 is 2.00 bits per heavy atom. The van der Waals surface area contributed by atoms with Crippen LogP contribution in [0.5, 0.6) is 11.5 Å². The number of benzene rings is 5. The van der Waals surface area contributed by atoms with Crippen molar-refractivity contribution in [2.75, 3.05) is 24.9 Å². The molecule has 242 valence electrons. The summed E-state index contributed by atoms with van der Waals surface area (Å²) >= 11 is 1.33. The molecular weight excluding hydrogens is 629 g/mol. The molecule has 0 aliphatic carbocycles. The Morgan fingerprint density at radius 1 is 0.729 bits per heavy atom. The van der Waals surface area contributed by atoms with Gasteiger partial charge < -0.3 is 25.4 Å². The van der Waals surface area contributed by atoms with Gasteiger partial charge in [-0.25, -0.2) is 4.39 Å². The van der Waals surface area contributed by atoms with Crippen molar-refractivity contribution in [3.8, 4) is 11.5 Å². The van der Waals surface area contributed by atoms with Crippen LogP contribution in [0.1, 0.15) is 26.7 Å². The maximum atomic E-state index is 13.6. The number of anilines is 2. The van der Waals surface area contributed by atoms with Gasteiger partial charge in [0.2, 0.25) is 5.91 Å². The zero-order valence-corrected chi connectivity index (χ0v) is 26.9. The first-order valence-corrected chi connectivity index (χ1v) is 15.7. The number of hydrogen-bond acceptors (Lipinski definition) is 6. The van der Waals surface area contributed by atoms with Crippen molar-refractivity contribution in [2.45, 2.75) is 10.1 Å². The SMILES string of the molecule is COc1ccc(/C=C(\NC(=O)c2ccccc2)C(=O)Nc2ccc(SC(C(=O)Nc3ccc(F)cc3)c3ccccc3)cc2)c(OC)c1. The van der Waals surface area contributed by atoms with Gasteiger partial charge in [-0.3, -0.25) is 14.4 Å². The first kappa shape index (κ1) is 33.5. The minimum atomic E-state index is -0.612. The van der Waals surface area contributed by atoms with E-state index < -0.39 is 22.9 Å². The van der Waals surface area contributed by atoms with Gasteiger partial charge in [-0.2, -0.15) is 0 Å². The van der Waals surface area contributed by atoms with Crippen LogP contribution in [0.25, 0.3) is 6.08 Å². The molecule has 10 heteroatoms. The third-order valence-electron chi connectivity index (χ3n) is 7.09. The zero-order valence-electron chi connectivity index (χ0n) is 26.1. The molecule has 48 heavy (non-hydrogen) atoms. The van der Waals surface area contributed by atoms with Gasteiger partial charge >= 0.3 is 0 Å². The molecule has 0 saturated carbocycles. The second kappa shape index (κ2) is 16.1. The first-order chi connectivity index (χ1) is 23.3. The van der Waals surface area contributed by atoms with Gasteiger partial charge in [0.15, 0.2) is 0 Å². The highest BCUT2D eigenvalue weighted by atomic mass is 32.2. The summed E-state index contributed by atoms with van der Waals surface area (Å²) in [6.07, 6.45) is 1.53. The molecular formula is C38H32FN3O5S. The van der Waals surface area contributed by atoms with E-state index in [4.69, 9.17) is 9.47 Å². The van der Waals surface area contributed by atoms with E-state index in [9.17, 15) is 18.8 Å². The van der Waals surface area contributed by atoms with Crippen LogP contribution in [0.2, 0.25) is 0 Å². The average Bonchev–Trinajstić information content (AvgIpc) is 3.12. The van der Waals surface area contributed by atoms with Gasteiger partial charge in [-0.05, 0) is 84.4 Å². The van der Waals surface area contributed by atoms with Crippen LogP contribution in [-0.2, 0) is 9.59 Å². The van der Waals surface area contributed by atoms with Crippen LogP contribution in [0, 0.1) is 5.82 Å². The van der Waals surface area contributed by atoms with Gasteiger partial charge in [0.25, 0.3) is 11.8 Å². The fourth-order valence-corrected chi connectivity index (χ4v) is 5.65. The van der Waals surface area contributed by atoms with Crippen LogP contribution in [-0.4, -0.2) is 31.9 Å². The number of hydrogen-bond donors (Lipinski definition) is 3. The predicted molar refractivity (Wildman–Crippen MR) is 187 cm³/mol. The number of ether oxygens (including phenoxy) is 2. The Balaban J connectivity index is 1.35. The summed E-state index contributed by atoms with van der Waals surface area (Å²) in [7, 11) is 3.04. The highest BCUT2D eigenvalue weighted by Crippen LogP contribution is 2.37. The Kier molecular flexibility index (Phi) is 11.2. The van der Waals surface area contributed by atoms with Crippen molar-refractivity contribution in [3.05, 3.63) is 156 Å². The van der Waals surface area contributed by atoms with E-state index in [2.05, 4.69) is 16.0 Å². The van der Waals surface area contributed by atoms with Crippen LogP contribution in [0.4, 0.5) is 15.8 Å². The summed E-state index contributed by atoms with van der Waals surface area (Å²) in [4.78, 5) is 40.8. The lowest BCUT2D eigenvalue weighted by molar-refractivity contribution is -0.116. The summed E-state index contributed by atoms with van der Waals surface area (Å²) in [5.74, 6) is -0.653. The number of nitrogens with one attached hydrogen (secondary N) is 3. The van der Waals surface area contributed by atoms with E-state index in [-0.39, 0.29) is 11.6 Å². The maximum absolute atomic E-state index is 13.6. The van der Waals surface area contributed by atoms with Crippen molar-refractivity contribution >= 4 is 46.9 Å². The van der Waals surface area contributed by atoms with Gasteiger partial charge in [-0.1, -0.05) is 48.5 Å². The molecule has 0 saturated heterocycles. The second-order valence-electron chi connectivity index (χ2n) is 10.4. The number of methoxy groups -OCH3 is 2. The summed E-state index contributed by atoms with van der Waals surface area (Å²) in [6.45, 7) is 0. The molecule has 0 aromatic heterocycles. The summed E-state index contributed by atoms with van der Waals surface area (Å²) in [5, 5.41) is 7.82. The van der Waals surface area contributed by atoms with Crippen LogP contribution in [0.3, 0.4) is 0 Å². The quantitative estimate of drug-likeness (QED) is 0.0934. The Labute approximate surface area is 282 Å². The molecule has 8 nitrogen and oxygen atoms in total. The molecule has 5 rings (SSSR count). The van der Waals surface area contributed by atoms with Gasteiger partial charge in [0.1, 0.15) is 28.3 Å². The van der Waals surface area contributed by atoms with E-state index in [1.807, 2.05) is 30.3 Å². The number of thioether (sulfide) groups is 1. The largest absolute Gasteiger partial charge is 0.497 e. The summed E-state index contributed by atoms with van der Waals surface area (Å²) in [6, 6.07) is 35.6. The monoisotopic (exact) mass is 661 g/mol.